The average molecular weight is 244 g/mol. The van der Waals surface area contributed by atoms with Gasteiger partial charge in [-0.25, -0.2) is 9.18 Å². The first-order chi connectivity index (χ1) is 8.63. The Morgan fingerprint density at radius 3 is 2.50 bits per heavy atom. The highest BCUT2D eigenvalue weighted by atomic mass is 19.1. The van der Waals surface area contributed by atoms with Crippen LogP contribution in [-0.4, -0.2) is 17.4 Å². The molecule has 0 fully saturated rings. The Kier molecular flexibility index (Phi) is 3.19. The van der Waals surface area contributed by atoms with Crippen LogP contribution < -0.4 is 0 Å². The highest BCUT2D eigenvalue weighted by Gasteiger charge is 2.12. The van der Waals surface area contributed by atoms with Crippen LogP contribution in [0.25, 0.3) is 11.1 Å². The standard InChI is InChI=1S/C14H9FO3/c15-13-7-9(5-6-12(13)14(17)18)11-4-2-1-3-10(11)8-16/h1-8H,(H,17,18). The number of carbonyl (C=O) groups is 2. The van der Waals surface area contributed by atoms with Crippen molar-refractivity contribution in [2.45, 2.75) is 0 Å². The second-order valence-electron chi connectivity index (χ2n) is 3.70. The molecule has 18 heavy (non-hydrogen) atoms. The van der Waals surface area contributed by atoms with Crippen LogP contribution in [0, 0.1) is 5.82 Å². The number of carboxylic acid groups (broad SMARTS) is 1. The number of halogens is 1. The highest BCUT2D eigenvalue weighted by Crippen LogP contribution is 2.24. The van der Waals surface area contributed by atoms with Gasteiger partial charge in [0.25, 0.3) is 0 Å². The summed E-state index contributed by atoms with van der Waals surface area (Å²) in [7, 11) is 0. The molecule has 0 aromatic heterocycles. The molecule has 0 aliphatic carbocycles. The summed E-state index contributed by atoms with van der Waals surface area (Å²) >= 11 is 0. The zero-order valence-electron chi connectivity index (χ0n) is 9.26. The fraction of sp³-hybridized carbons (Fsp3) is 0. The Labute approximate surface area is 103 Å². The van der Waals surface area contributed by atoms with Crippen LogP contribution >= 0.6 is 0 Å². The lowest BCUT2D eigenvalue weighted by Crippen LogP contribution is -2.00. The zero-order chi connectivity index (χ0) is 13.1. The Hall–Kier alpha value is -2.49. The summed E-state index contributed by atoms with van der Waals surface area (Å²) in [4.78, 5) is 21.6. The number of hydrogen-bond acceptors (Lipinski definition) is 2. The first-order valence-electron chi connectivity index (χ1n) is 5.21. The van der Waals surface area contributed by atoms with Crippen molar-refractivity contribution >= 4 is 12.3 Å². The Bertz CT molecular complexity index is 620. The second kappa shape index (κ2) is 4.79. The van der Waals surface area contributed by atoms with E-state index in [9.17, 15) is 14.0 Å². The van der Waals surface area contributed by atoms with Gasteiger partial charge in [0.05, 0.1) is 5.56 Å². The minimum Gasteiger partial charge on any atom is -0.478 e. The number of aldehydes is 1. The van der Waals surface area contributed by atoms with E-state index in [1.807, 2.05) is 0 Å². The maximum absolute atomic E-state index is 13.6. The highest BCUT2D eigenvalue weighted by molar-refractivity contribution is 5.91. The van der Waals surface area contributed by atoms with Gasteiger partial charge in [0.15, 0.2) is 6.29 Å². The monoisotopic (exact) mass is 244 g/mol. The van der Waals surface area contributed by atoms with E-state index in [2.05, 4.69) is 0 Å². The van der Waals surface area contributed by atoms with E-state index < -0.39 is 11.8 Å². The molecule has 0 atom stereocenters. The average Bonchev–Trinajstić information content (AvgIpc) is 2.38. The van der Waals surface area contributed by atoms with E-state index in [-0.39, 0.29) is 5.56 Å². The molecule has 0 spiro atoms. The van der Waals surface area contributed by atoms with E-state index in [0.29, 0.717) is 23.0 Å². The molecule has 3 nitrogen and oxygen atoms in total. The summed E-state index contributed by atoms with van der Waals surface area (Å²) in [6.07, 6.45) is 0.679. The second-order valence-corrected chi connectivity index (χ2v) is 3.70. The van der Waals surface area contributed by atoms with Crippen LogP contribution in [0.2, 0.25) is 0 Å². The number of carbonyl (C=O) groups excluding carboxylic acids is 1. The number of rotatable bonds is 3. The fourth-order valence-electron chi connectivity index (χ4n) is 1.72. The predicted molar refractivity (Wildman–Crippen MR) is 64.2 cm³/mol. The molecule has 0 bridgehead atoms. The van der Waals surface area contributed by atoms with E-state index in [1.165, 1.54) is 12.1 Å². The number of benzene rings is 2. The Morgan fingerprint density at radius 2 is 1.89 bits per heavy atom. The van der Waals surface area contributed by atoms with Crippen LogP contribution in [0.5, 0.6) is 0 Å². The van der Waals surface area contributed by atoms with Crippen LogP contribution in [0.1, 0.15) is 20.7 Å². The molecule has 0 saturated heterocycles. The van der Waals surface area contributed by atoms with Crippen LogP contribution in [0.15, 0.2) is 42.5 Å². The van der Waals surface area contributed by atoms with Gasteiger partial charge in [0.2, 0.25) is 0 Å². The van der Waals surface area contributed by atoms with Gasteiger partial charge in [0, 0.05) is 5.56 Å². The summed E-state index contributed by atoms with van der Waals surface area (Å²) in [5.74, 6) is -2.14. The van der Waals surface area contributed by atoms with Crippen molar-refractivity contribution in [3.63, 3.8) is 0 Å². The lowest BCUT2D eigenvalue weighted by molar-refractivity contribution is 0.0691. The normalized spacial score (nSPS) is 10.1. The van der Waals surface area contributed by atoms with Gasteiger partial charge >= 0.3 is 5.97 Å². The van der Waals surface area contributed by atoms with Crippen molar-refractivity contribution in [2.24, 2.45) is 0 Å². The van der Waals surface area contributed by atoms with E-state index in [0.717, 1.165) is 6.07 Å². The molecule has 0 unspecified atom stereocenters. The minimum atomic E-state index is -1.32. The quantitative estimate of drug-likeness (QED) is 0.844. The van der Waals surface area contributed by atoms with Crippen molar-refractivity contribution in [1.29, 1.82) is 0 Å². The SMILES string of the molecule is O=Cc1ccccc1-c1ccc(C(=O)O)c(F)c1. The van der Waals surface area contributed by atoms with Gasteiger partial charge in [0.1, 0.15) is 5.82 Å². The maximum Gasteiger partial charge on any atom is 0.338 e. The van der Waals surface area contributed by atoms with Gasteiger partial charge in [-0.15, -0.1) is 0 Å². The molecule has 1 N–H and O–H groups in total. The molecule has 0 saturated carbocycles. The van der Waals surface area contributed by atoms with Crippen molar-refractivity contribution in [1.82, 2.24) is 0 Å². The molecule has 2 rings (SSSR count). The van der Waals surface area contributed by atoms with Gasteiger partial charge in [-0.2, -0.15) is 0 Å². The molecule has 2 aromatic rings. The first-order valence-corrected chi connectivity index (χ1v) is 5.21. The van der Waals surface area contributed by atoms with Crippen LogP contribution in [-0.2, 0) is 0 Å². The Morgan fingerprint density at radius 1 is 1.17 bits per heavy atom. The lowest BCUT2D eigenvalue weighted by Gasteiger charge is -2.06. The minimum absolute atomic E-state index is 0.387. The molecule has 0 amide bonds. The number of carboxylic acids is 1. The van der Waals surface area contributed by atoms with Crippen molar-refractivity contribution in [3.8, 4) is 11.1 Å². The zero-order valence-corrected chi connectivity index (χ0v) is 9.26. The number of hydrogen-bond donors (Lipinski definition) is 1. The summed E-state index contributed by atoms with van der Waals surface area (Å²) < 4.78 is 13.6. The van der Waals surface area contributed by atoms with E-state index in [1.54, 1.807) is 24.3 Å². The lowest BCUT2D eigenvalue weighted by atomic mass is 9.99. The summed E-state index contributed by atoms with van der Waals surface area (Å²) in [5.41, 5.74) is 1.09. The van der Waals surface area contributed by atoms with Gasteiger partial charge < -0.3 is 5.11 Å². The third-order valence-corrected chi connectivity index (χ3v) is 2.60. The topological polar surface area (TPSA) is 54.4 Å². The summed E-state index contributed by atoms with van der Waals surface area (Å²) in [6, 6.07) is 10.5. The Balaban J connectivity index is 2.55. The first kappa shape index (κ1) is 12.0. The van der Waals surface area contributed by atoms with Crippen molar-refractivity contribution < 1.29 is 19.1 Å². The van der Waals surface area contributed by atoms with E-state index >= 15 is 0 Å². The third-order valence-electron chi connectivity index (χ3n) is 2.60. The molecular weight excluding hydrogens is 235 g/mol. The molecule has 90 valence electrons. The molecule has 0 aliphatic rings. The van der Waals surface area contributed by atoms with E-state index in [4.69, 9.17) is 5.11 Å². The maximum atomic E-state index is 13.6. The fourth-order valence-corrected chi connectivity index (χ4v) is 1.72. The summed E-state index contributed by atoms with van der Waals surface area (Å²) in [5, 5.41) is 8.73. The van der Waals surface area contributed by atoms with Gasteiger partial charge in [-0.05, 0) is 23.3 Å². The van der Waals surface area contributed by atoms with Crippen molar-refractivity contribution in [3.05, 3.63) is 59.4 Å². The molecule has 0 radical (unpaired) electrons. The molecule has 4 heteroatoms. The largest absolute Gasteiger partial charge is 0.478 e. The number of aromatic carboxylic acids is 1. The molecule has 2 aromatic carbocycles. The molecule has 0 heterocycles. The van der Waals surface area contributed by atoms with Crippen LogP contribution in [0.4, 0.5) is 4.39 Å². The molecular formula is C14H9FO3. The van der Waals surface area contributed by atoms with Gasteiger partial charge in [-0.3, -0.25) is 4.79 Å². The molecule has 0 aliphatic heterocycles. The van der Waals surface area contributed by atoms with Gasteiger partial charge in [-0.1, -0.05) is 30.3 Å². The predicted octanol–water partition coefficient (Wildman–Crippen LogP) is 3.00. The summed E-state index contributed by atoms with van der Waals surface area (Å²) in [6.45, 7) is 0. The third kappa shape index (κ3) is 2.13. The van der Waals surface area contributed by atoms with Crippen molar-refractivity contribution in [2.75, 3.05) is 0 Å². The van der Waals surface area contributed by atoms with Crippen LogP contribution in [0.3, 0.4) is 0 Å². The smallest absolute Gasteiger partial charge is 0.338 e.